The first kappa shape index (κ1) is 15.0. The summed E-state index contributed by atoms with van der Waals surface area (Å²) < 4.78 is 40.6. The summed E-state index contributed by atoms with van der Waals surface area (Å²) in [5.41, 5.74) is 6.30. The van der Waals surface area contributed by atoms with Crippen molar-refractivity contribution in [3.63, 3.8) is 0 Å². The highest BCUT2D eigenvalue weighted by molar-refractivity contribution is 9.10. The lowest BCUT2D eigenvalue weighted by Crippen LogP contribution is -2.23. The second-order valence-corrected chi connectivity index (χ2v) is 6.85. The largest absolute Gasteiger partial charge is 0.399 e. The lowest BCUT2D eigenvalue weighted by Gasteiger charge is -2.08. The van der Waals surface area contributed by atoms with E-state index < -0.39 is 15.8 Å². The smallest absolute Gasteiger partial charge is 0.241 e. The topological polar surface area (TPSA) is 72.2 Å². The molecular formula is C13H12BrFN2O2S. The summed E-state index contributed by atoms with van der Waals surface area (Å²) in [6, 6.07) is 10.4. The molecule has 0 saturated carbocycles. The Bertz CT molecular complexity index is 697. The van der Waals surface area contributed by atoms with E-state index in [1.54, 1.807) is 12.1 Å². The van der Waals surface area contributed by atoms with Gasteiger partial charge >= 0.3 is 0 Å². The summed E-state index contributed by atoms with van der Waals surface area (Å²) in [6.07, 6.45) is 0. The first-order chi connectivity index (χ1) is 9.37. The number of hydrogen-bond donors (Lipinski definition) is 2. The van der Waals surface area contributed by atoms with Gasteiger partial charge in [-0.1, -0.05) is 28.1 Å². The molecule has 0 aliphatic rings. The molecule has 0 heterocycles. The summed E-state index contributed by atoms with van der Waals surface area (Å²) >= 11 is 3.29. The number of nitrogens with two attached hydrogens (primary N) is 1. The van der Waals surface area contributed by atoms with Crippen LogP contribution in [0.3, 0.4) is 0 Å². The van der Waals surface area contributed by atoms with E-state index >= 15 is 0 Å². The molecule has 0 amide bonds. The Morgan fingerprint density at radius 1 is 1.15 bits per heavy atom. The minimum absolute atomic E-state index is 0.0639. The maximum absolute atomic E-state index is 13.2. The third-order valence-electron chi connectivity index (χ3n) is 2.58. The Morgan fingerprint density at radius 3 is 2.40 bits per heavy atom. The highest BCUT2D eigenvalue weighted by atomic mass is 79.9. The van der Waals surface area contributed by atoms with E-state index in [1.165, 1.54) is 6.07 Å². The molecule has 0 bridgehead atoms. The molecule has 0 radical (unpaired) electrons. The molecule has 0 fully saturated rings. The first-order valence-electron chi connectivity index (χ1n) is 5.67. The average molecular weight is 359 g/mol. The van der Waals surface area contributed by atoms with Gasteiger partial charge in [-0.05, 0) is 35.9 Å². The van der Waals surface area contributed by atoms with E-state index in [9.17, 15) is 12.8 Å². The van der Waals surface area contributed by atoms with Crippen molar-refractivity contribution >= 4 is 31.6 Å². The zero-order chi connectivity index (χ0) is 14.8. The SMILES string of the molecule is Nc1cc(F)cc(S(=O)(=O)NCc2ccc(Br)cc2)c1. The van der Waals surface area contributed by atoms with Gasteiger partial charge in [0.1, 0.15) is 5.82 Å². The van der Waals surface area contributed by atoms with E-state index in [-0.39, 0.29) is 17.1 Å². The number of anilines is 1. The Balaban J connectivity index is 2.16. The second-order valence-electron chi connectivity index (χ2n) is 4.17. The number of hydrogen-bond acceptors (Lipinski definition) is 3. The van der Waals surface area contributed by atoms with Crippen molar-refractivity contribution in [2.45, 2.75) is 11.4 Å². The normalized spacial score (nSPS) is 11.5. The lowest BCUT2D eigenvalue weighted by molar-refractivity contribution is 0.577. The molecule has 0 atom stereocenters. The van der Waals surface area contributed by atoms with Crippen LogP contribution in [0.5, 0.6) is 0 Å². The van der Waals surface area contributed by atoms with Gasteiger partial charge in [0.05, 0.1) is 4.90 Å². The van der Waals surface area contributed by atoms with Crippen molar-refractivity contribution in [2.24, 2.45) is 0 Å². The molecule has 2 aromatic rings. The molecule has 106 valence electrons. The molecular weight excluding hydrogens is 347 g/mol. The Kier molecular flexibility index (Phi) is 4.42. The Morgan fingerprint density at radius 2 is 1.80 bits per heavy atom. The number of nitrogens with one attached hydrogen (secondary N) is 1. The van der Waals surface area contributed by atoms with Crippen LogP contribution < -0.4 is 10.5 Å². The fourth-order valence-electron chi connectivity index (χ4n) is 1.60. The minimum Gasteiger partial charge on any atom is -0.399 e. The number of sulfonamides is 1. The summed E-state index contributed by atoms with van der Waals surface area (Å²) in [7, 11) is -3.80. The van der Waals surface area contributed by atoms with Crippen LogP contribution in [0, 0.1) is 5.82 Å². The van der Waals surface area contributed by atoms with Crippen LogP contribution in [0.25, 0.3) is 0 Å². The standard InChI is InChI=1S/C13H12BrFN2O2S/c14-10-3-1-9(2-4-10)8-17-20(18,19)13-6-11(15)5-12(16)7-13/h1-7,17H,8,16H2. The van der Waals surface area contributed by atoms with E-state index in [4.69, 9.17) is 5.73 Å². The molecule has 0 saturated heterocycles. The summed E-state index contributed by atoms with van der Waals surface area (Å²) in [4.78, 5) is -0.188. The Labute approximate surface area is 125 Å². The molecule has 4 nitrogen and oxygen atoms in total. The molecule has 0 unspecified atom stereocenters. The van der Waals surface area contributed by atoms with Crippen LogP contribution in [-0.4, -0.2) is 8.42 Å². The van der Waals surface area contributed by atoms with Gasteiger partial charge in [0.15, 0.2) is 0 Å². The van der Waals surface area contributed by atoms with Crippen molar-refractivity contribution in [3.8, 4) is 0 Å². The quantitative estimate of drug-likeness (QED) is 0.825. The van der Waals surface area contributed by atoms with E-state index in [0.717, 1.165) is 22.2 Å². The van der Waals surface area contributed by atoms with Gasteiger partial charge in [0.2, 0.25) is 10.0 Å². The molecule has 2 aromatic carbocycles. The van der Waals surface area contributed by atoms with Gasteiger partial charge in [-0.3, -0.25) is 0 Å². The maximum Gasteiger partial charge on any atom is 0.241 e. The predicted octanol–water partition coefficient (Wildman–Crippen LogP) is 2.65. The fourth-order valence-corrected chi connectivity index (χ4v) is 2.95. The third kappa shape index (κ3) is 3.78. The monoisotopic (exact) mass is 358 g/mol. The molecule has 20 heavy (non-hydrogen) atoms. The van der Waals surface area contributed by atoms with Crippen molar-refractivity contribution in [3.05, 3.63) is 58.3 Å². The third-order valence-corrected chi connectivity index (χ3v) is 4.49. The van der Waals surface area contributed by atoms with Crippen LogP contribution in [0.4, 0.5) is 10.1 Å². The summed E-state index contributed by atoms with van der Waals surface area (Å²) in [5.74, 6) is -0.686. The van der Waals surface area contributed by atoms with Gasteiger partial charge in [0.25, 0.3) is 0 Å². The first-order valence-corrected chi connectivity index (χ1v) is 7.94. The molecule has 0 spiro atoms. The van der Waals surface area contributed by atoms with Crippen molar-refractivity contribution in [1.82, 2.24) is 4.72 Å². The van der Waals surface area contributed by atoms with E-state index in [0.29, 0.717) is 0 Å². The molecule has 0 aliphatic heterocycles. The zero-order valence-corrected chi connectivity index (χ0v) is 12.7. The van der Waals surface area contributed by atoms with Crippen molar-refractivity contribution in [1.29, 1.82) is 0 Å². The van der Waals surface area contributed by atoms with E-state index in [2.05, 4.69) is 20.7 Å². The van der Waals surface area contributed by atoms with Crippen molar-refractivity contribution < 1.29 is 12.8 Å². The average Bonchev–Trinajstić information content (AvgIpc) is 2.37. The highest BCUT2D eigenvalue weighted by Crippen LogP contribution is 2.16. The van der Waals surface area contributed by atoms with Crippen LogP contribution in [0.2, 0.25) is 0 Å². The van der Waals surface area contributed by atoms with Crippen molar-refractivity contribution in [2.75, 3.05) is 5.73 Å². The predicted molar refractivity (Wildman–Crippen MR) is 79.0 cm³/mol. The lowest BCUT2D eigenvalue weighted by atomic mass is 10.2. The summed E-state index contributed by atoms with van der Waals surface area (Å²) in [5, 5.41) is 0. The van der Waals surface area contributed by atoms with Gasteiger partial charge in [0, 0.05) is 16.7 Å². The number of halogens is 2. The molecule has 3 N–H and O–H groups in total. The fraction of sp³-hybridized carbons (Fsp3) is 0.0769. The molecule has 0 aliphatic carbocycles. The maximum atomic E-state index is 13.2. The number of benzene rings is 2. The van der Waals surface area contributed by atoms with Crippen LogP contribution >= 0.6 is 15.9 Å². The molecule has 7 heteroatoms. The number of nitrogen functional groups attached to an aromatic ring is 1. The number of rotatable bonds is 4. The summed E-state index contributed by atoms with van der Waals surface area (Å²) in [6.45, 7) is 0.117. The van der Waals surface area contributed by atoms with Crippen LogP contribution in [0.1, 0.15) is 5.56 Å². The molecule has 0 aromatic heterocycles. The highest BCUT2D eigenvalue weighted by Gasteiger charge is 2.15. The molecule has 2 rings (SSSR count). The van der Waals surface area contributed by atoms with Gasteiger partial charge in [-0.2, -0.15) is 0 Å². The minimum atomic E-state index is -3.80. The van der Waals surface area contributed by atoms with E-state index in [1.807, 2.05) is 12.1 Å². The zero-order valence-electron chi connectivity index (χ0n) is 10.3. The van der Waals surface area contributed by atoms with Gasteiger partial charge in [-0.15, -0.1) is 0 Å². The second kappa shape index (κ2) is 5.90. The van der Waals surface area contributed by atoms with Crippen LogP contribution in [0.15, 0.2) is 51.8 Å². The van der Waals surface area contributed by atoms with Gasteiger partial charge < -0.3 is 5.73 Å². The van der Waals surface area contributed by atoms with Gasteiger partial charge in [-0.25, -0.2) is 17.5 Å². The Hall–Kier alpha value is -1.44. The van der Waals surface area contributed by atoms with Crippen LogP contribution in [-0.2, 0) is 16.6 Å².